The third-order valence-electron chi connectivity index (χ3n) is 3.80. The topological polar surface area (TPSA) is 91.7 Å². The Bertz CT molecular complexity index is 997. The van der Waals surface area contributed by atoms with E-state index >= 15 is 0 Å². The molecule has 27 heavy (non-hydrogen) atoms. The van der Waals surface area contributed by atoms with E-state index in [9.17, 15) is 14.7 Å². The van der Waals surface area contributed by atoms with Gasteiger partial charge in [-0.05, 0) is 32.0 Å². The molecular weight excluding hydrogens is 382 g/mol. The molecule has 0 aliphatic rings. The Morgan fingerprint density at radius 2 is 1.81 bits per heavy atom. The second-order valence-electron chi connectivity index (χ2n) is 5.73. The molecule has 0 saturated heterocycles. The predicted octanol–water partition coefficient (Wildman–Crippen LogP) is 4.02. The molecule has 3 rings (SSSR count). The van der Waals surface area contributed by atoms with Crippen molar-refractivity contribution in [3.63, 3.8) is 0 Å². The molecule has 3 aromatic rings. The quantitative estimate of drug-likeness (QED) is 0.371. The zero-order valence-electron chi connectivity index (χ0n) is 14.7. The first-order valence-electron chi connectivity index (χ1n) is 8.15. The number of carboxylic acid groups (broad SMARTS) is 1. The minimum Gasteiger partial charge on any atom is -0.478 e. The fourth-order valence-electron chi connectivity index (χ4n) is 2.38. The molecule has 1 heterocycles. The average molecular weight is 399 g/mol. The van der Waals surface area contributed by atoms with Gasteiger partial charge in [-0.15, -0.1) is 11.3 Å². The number of nitrogens with zero attached hydrogens (tertiary/aromatic N) is 2. The van der Waals surface area contributed by atoms with Crippen LogP contribution in [0.2, 0.25) is 0 Å². The van der Waals surface area contributed by atoms with Crippen LogP contribution in [-0.4, -0.2) is 32.9 Å². The number of aromatic nitrogens is 1. The van der Waals surface area contributed by atoms with E-state index in [2.05, 4.69) is 15.5 Å². The van der Waals surface area contributed by atoms with Crippen LogP contribution in [0.3, 0.4) is 0 Å². The Morgan fingerprint density at radius 1 is 1.15 bits per heavy atom. The summed E-state index contributed by atoms with van der Waals surface area (Å²) >= 11 is 2.91. The largest absolute Gasteiger partial charge is 0.478 e. The number of para-hydroxylation sites is 1. The van der Waals surface area contributed by atoms with Crippen LogP contribution >= 0.6 is 23.1 Å². The van der Waals surface area contributed by atoms with Crippen molar-refractivity contribution in [3.05, 3.63) is 59.7 Å². The number of aromatic carboxylic acids is 1. The van der Waals surface area contributed by atoms with Crippen LogP contribution < -0.4 is 5.43 Å². The summed E-state index contributed by atoms with van der Waals surface area (Å²) < 4.78 is 1.89. The molecule has 0 spiro atoms. The summed E-state index contributed by atoms with van der Waals surface area (Å²) in [7, 11) is 0. The molecular formula is C19H17N3O3S2. The molecule has 1 aromatic heterocycles. The summed E-state index contributed by atoms with van der Waals surface area (Å²) in [6.07, 6.45) is 0. The molecule has 1 atom stereocenters. The third kappa shape index (κ3) is 4.53. The Labute approximate surface area is 164 Å². The Kier molecular flexibility index (Phi) is 5.88. The fourth-order valence-corrected chi connectivity index (χ4v) is 4.59. The average Bonchev–Trinajstić information content (AvgIpc) is 3.07. The normalized spacial score (nSPS) is 12.7. The monoisotopic (exact) mass is 399 g/mol. The number of hydrogen-bond donors (Lipinski definition) is 2. The number of carboxylic acids is 1. The number of rotatable bonds is 6. The maximum Gasteiger partial charge on any atom is 0.336 e. The number of thioether (sulfide) groups is 1. The van der Waals surface area contributed by atoms with Gasteiger partial charge in [0.1, 0.15) is 0 Å². The van der Waals surface area contributed by atoms with E-state index in [1.807, 2.05) is 24.3 Å². The highest BCUT2D eigenvalue weighted by Crippen LogP contribution is 2.31. The number of hydrazone groups is 1. The number of thiazole rings is 1. The molecule has 2 N–H and O–H groups in total. The lowest BCUT2D eigenvalue weighted by Gasteiger charge is -2.09. The molecule has 0 fully saturated rings. The zero-order valence-corrected chi connectivity index (χ0v) is 16.3. The molecule has 0 radical (unpaired) electrons. The van der Waals surface area contributed by atoms with Gasteiger partial charge < -0.3 is 5.11 Å². The van der Waals surface area contributed by atoms with Gasteiger partial charge in [-0.3, -0.25) is 4.79 Å². The van der Waals surface area contributed by atoms with Crippen LogP contribution in [0.1, 0.15) is 29.8 Å². The van der Waals surface area contributed by atoms with Crippen molar-refractivity contribution in [2.24, 2.45) is 5.10 Å². The number of hydrogen-bond acceptors (Lipinski definition) is 6. The second kappa shape index (κ2) is 8.32. The van der Waals surface area contributed by atoms with Crippen LogP contribution in [-0.2, 0) is 4.79 Å². The van der Waals surface area contributed by atoms with Gasteiger partial charge in [-0.1, -0.05) is 42.1 Å². The Morgan fingerprint density at radius 3 is 2.52 bits per heavy atom. The summed E-state index contributed by atoms with van der Waals surface area (Å²) in [6.45, 7) is 3.44. The summed E-state index contributed by atoms with van der Waals surface area (Å²) in [4.78, 5) is 28.1. The van der Waals surface area contributed by atoms with Gasteiger partial charge in [0.2, 0.25) is 0 Å². The maximum atomic E-state index is 12.3. The highest BCUT2D eigenvalue weighted by atomic mass is 32.2. The fraction of sp³-hybridized carbons (Fsp3) is 0.158. The standard InChI is InChI=1S/C19H17N3O3S2/c1-11(13-7-3-4-8-14(13)18(24)25)21-22-17(23)12(2)26-19-20-15-9-5-6-10-16(15)27-19/h3-10,12H,1-2H3,(H,22,23)(H,24,25). The van der Waals surface area contributed by atoms with E-state index in [1.54, 1.807) is 43.4 Å². The molecule has 2 aromatic carbocycles. The first-order valence-corrected chi connectivity index (χ1v) is 9.84. The number of nitrogens with one attached hydrogen (secondary N) is 1. The first kappa shape index (κ1) is 19.1. The van der Waals surface area contributed by atoms with E-state index in [1.165, 1.54) is 17.8 Å². The van der Waals surface area contributed by atoms with Crippen molar-refractivity contribution in [1.29, 1.82) is 0 Å². The lowest BCUT2D eigenvalue weighted by atomic mass is 10.0. The van der Waals surface area contributed by atoms with Crippen LogP contribution in [0, 0.1) is 0 Å². The van der Waals surface area contributed by atoms with Crippen molar-refractivity contribution < 1.29 is 14.7 Å². The van der Waals surface area contributed by atoms with Crippen molar-refractivity contribution >= 4 is 50.9 Å². The highest BCUT2D eigenvalue weighted by molar-refractivity contribution is 8.02. The maximum absolute atomic E-state index is 12.3. The van der Waals surface area contributed by atoms with Crippen molar-refractivity contribution in [2.45, 2.75) is 23.4 Å². The van der Waals surface area contributed by atoms with Gasteiger partial charge in [0.05, 0.1) is 26.7 Å². The van der Waals surface area contributed by atoms with Crippen LogP contribution in [0.4, 0.5) is 0 Å². The van der Waals surface area contributed by atoms with Crippen molar-refractivity contribution in [3.8, 4) is 0 Å². The molecule has 138 valence electrons. The molecule has 6 nitrogen and oxygen atoms in total. The van der Waals surface area contributed by atoms with Crippen LogP contribution in [0.5, 0.6) is 0 Å². The summed E-state index contributed by atoms with van der Waals surface area (Å²) in [5.74, 6) is -1.31. The lowest BCUT2D eigenvalue weighted by Crippen LogP contribution is -2.27. The summed E-state index contributed by atoms with van der Waals surface area (Å²) in [5, 5.41) is 12.9. The lowest BCUT2D eigenvalue weighted by molar-refractivity contribution is -0.120. The van der Waals surface area contributed by atoms with Crippen molar-refractivity contribution in [2.75, 3.05) is 0 Å². The van der Waals surface area contributed by atoms with Gasteiger partial charge in [-0.2, -0.15) is 5.10 Å². The van der Waals surface area contributed by atoms with E-state index in [4.69, 9.17) is 0 Å². The minimum atomic E-state index is -1.04. The van der Waals surface area contributed by atoms with Gasteiger partial charge in [0, 0.05) is 5.56 Å². The zero-order chi connectivity index (χ0) is 19.4. The van der Waals surface area contributed by atoms with E-state index < -0.39 is 11.2 Å². The summed E-state index contributed by atoms with van der Waals surface area (Å²) in [6, 6.07) is 14.4. The van der Waals surface area contributed by atoms with E-state index in [0.717, 1.165) is 14.6 Å². The van der Waals surface area contributed by atoms with E-state index in [0.29, 0.717) is 11.3 Å². The first-order chi connectivity index (χ1) is 13.0. The van der Waals surface area contributed by atoms with Crippen LogP contribution in [0.25, 0.3) is 10.2 Å². The molecule has 1 amide bonds. The number of carbonyl (C=O) groups is 2. The SMILES string of the molecule is CC(=NNC(=O)C(C)Sc1nc2ccccc2s1)c1ccccc1C(=O)O. The minimum absolute atomic E-state index is 0.143. The molecule has 1 unspecified atom stereocenters. The number of amides is 1. The smallest absolute Gasteiger partial charge is 0.336 e. The number of carbonyl (C=O) groups excluding carboxylic acids is 1. The molecule has 0 aliphatic carbocycles. The van der Waals surface area contributed by atoms with Gasteiger partial charge >= 0.3 is 5.97 Å². The van der Waals surface area contributed by atoms with Gasteiger partial charge in [0.15, 0.2) is 4.34 Å². The number of fused-ring (bicyclic) bond motifs is 1. The second-order valence-corrected chi connectivity index (χ2v) is 8.35. The predicted molar refractivity (Wildman–Crippen MR) is 109 cm³/mol. The molecule has 0 aliphatic heterocycles. The van der Waals surface area contributed by atoms with Gasteiger partial charge in [0.25, 0.3) is 5.91 Å². The summed E-state index contributed by atoms with van der Waals surface area (Å²) in [5.41, 5.74) is 4.47. The number of benzene rings is 2. The third-order valence-corrected chi connectivity index (χ3v) is 6.03. The van der Waals surface area contributed by atoms with E-state index in [-0.39, 0.29) is 11.5 Å². The van der Waals surface area contributed by atoms with Crippen LogP contribution in [0.15, 0.2) is 58.0 Å². The highest BCUT2D eigenvalue weighted by Gasteiger charge is 2.17. The molecule has 0 bridgehead atoms. The van der Waals surface area contributed by atoms with Crippen molar-refractivity contribution in [1.82, 2.24) is 10.4 Å². The Balaban J connectivity index is 1.67. The van der Waals surface area contributed by atoms with Gasteiger partial charge in [-0.25, -0.2) is 15.2 Å². The molecule has 8 heteroatoms. The Hall–Kier alpha value is -2.71. The molecule has 0 saturated carbocycles.